The van der Waals surface area contributed by atoms with E-state index in [2.05, 4.69) is 6.07 Å². The van der Waals surface area contributed by atoms with Gasteiger partial charge >= 0.3 is 0 Å². The standard InChI is InChI=1S/C13H11O2S/c1-16(14,15)13-9-5-8-12(10-13)11-6-3-2-4-7-11/h2-7,9-10H,1H3. The van der Waals surface area contributed by atoms with Crippen molar-refractivity contribution in [3.8, 4) is 11.1 Å². The summed E-state index contributed by atoms with van der Waals surface area (Å²) in [4.78, 5) is 0.324. The second-order valence-electron chi connectivity index (χ2n) is 3.58. The average Bonchev–Trinajstić information content (AvgIpc) is 2.29. The van der Waals surface area contributed by atoms with Crippen LogP contribution in [0.5, 0.6) is 0 Å². The molecule has 0 bridgehead atoms. The van der Waals surface area contributed by atoms with Gasteiger partial charge in [0.2, 0.25) is 0 Å². The summed E-state index contributed by atoms with van der Waals surface area (Å²) in [7, 11) is -3.15. The highest BCUT2D eigenvalue weighted by Crippen LogP contribution is 2.21. The molecule has 0 unspecified atom stereocenters. The van der Waals surface area contributed by atoms with E-state index in [1.54, 1.807) is 18.2 Å². The third-order valence-corrected chi connectivity index (χ3v) is 3.40. The molecule has 0 heterocycles. The SMILES string of the molecule is CS(=O)(=O)c1cc[c]c(-c2ccccc2)c1. The Morgan fingerprint density at radius 3 is 2.38 bits per heavy atom. The third kappa shape index (κ3) is 2.31. The molecular formula is C13H11O2S. The maximum absolute atomic E-state index is 11.4. The van der Waals surface area contributed by atoms with Gasteiger partial charge in [0, 0.05) is 6.26 Å². The van der Waals surface area contributed by atoms with Gasteiger partial charge < -0.3 is 0 Å². The van der Waals surface area contributed by atoms with Gasteiger partial charge in [0.25, 0.3) is 0 Å². The zero-order chi connectivity index (χ0) is 11.6. The van der Waals surface area contributed by atoms with E-state index in [0.717, 1.165) is 11.1 Å². The van der Waals surface area contributed by atoms with Crippen LogP contribution in [0.15, 0.2) is 53.4 Å². The molecule has 0 atom stereocenters. The van der Waals surface area contributed by atoms with Crippen LogP contribution in [-0.2, 0) is 9.84 Å². The first-order valence-electron chi connectivity index (χ1n) is 4.84. The van der Waals surface area contributed by atoms with E-state index in [9.17, 15) is 8.42 Å². The van der Waals surface area contributed by atoms with Gasteiger partial charge in [0.1, 0.15) is 0 Å². The van der Waals surface area contributed by atoms with Crippen molar-refractivity contribution in [3.63, 3.8) is 0 Å². The fraction of sp³-hybridized carbons (Fsp3) is 0.0769. The first-order chi connectivity index (χ1) is 7.57. The second kappa shape index (κ2) is 4.10. The first kappa shape index (κ1) is 10.9. The molecule has 3 heteroatoms. The van der Waals surface area contributed by atoms with E-state index in [1.807, 2.05) is 30.3 Å². The Hall–Kier alpha value is -1.61. The predicted octanol–water partition coefficient (Wildman–Crippen LogP) is 2.56. The van der Waals surface area contributed by atoms with Gasteiger partial charge in [-0.05, 0) is 29.3 Å². The molecule has 0 saturated heterocycles. The van der Waals surface area contributed by atoms with Crippen LogP contribution < -0.4 is 0 Å². The van der Waals surface area contributed by atoms with E-state index >= 15 is 0 Å². The maximum atomic E-state index is 11.4. The van der Waals surface area contributed by atoms with E-state index in [1.165, 1.54) is 6.26 Å². The number of hydrogen-bond donors (Lipinski definition) is 0. The Morgan fingerprint density at radius 1 is 1.06 bits per heavy atom. The topological polar surface area (TPSA) is 34.1 Å². The molecule has 2 nitrogen and oxygen atoms in total. The number of rotatable bonds is 2. The fourth-order valence-corrected chi connectivity index (χ4v) is 2.11. The summed E-state index contributed by atoms with van der Waals surface area (Å²) in [5, 5.41) is 0. The summed E-state index contributed by atoms with van der Waals surface area (Å²) >= 11 is 0. The zero-order valence-electron chi connectivity index (χ0n) is 8.84. The van der Waals surface area contributed by atoms with E-state index in [4.69, 9.17) is 0 Å². The van der Waals surface area contributed by atoms with Crippen LogP contribution in [0.4, 0.5) is 0 Å². The Labute approximate surface area is 95.5 Å². The molecule has 2 aromatic carbocycles. The molecule has 0 spiro atoms. The van der Waals surface area contributed by atoms with E-state index < -0.39 is 9.84 Å². The highest BCUT2D eigenvalue weighted by atomic mass is 32.2. The summed E-state index contributed by atoms with van der Waals surface area (Å²) in [6.07, 6.45) is 1.21. The van der Waals surface area contributed by atoms with Crippen molar-refractivity contribution in [3.05, 3.63) is 54.6 Å². The van der Waals surface area contributed by atoms with Gasteiger partial charge in [0.05, 0.1) is 4.90 Å². The monoisotopic (exact) mass is 231 g/mol. The summed E-state index contributed by atoms with van der Waals surface area (Å²) in [6.45, 7) is 0. The van der Waals surface area contributed by atoms with Gasteiger partial charge in [-0.25, -0.2) is 8.42 Å². The largest absolute Gasteiger partial charge is 0.224 e. The van der Waals surface area contributed by atoms with Crippen molar-refractivity contribution in [2.24, 2.45) is 0 Å². The van der Waals surface area contributed by atoms with E-state index in [-0.39, 0.29) is 0 Å². The first-order valence-corrected chi connectivity index (χ1v) is 6.74. The minimum absolute atomic E-state index is 0.324. The summed E-state index contributed by atoms with van der Waals surface area (Å²) in [5.74, 6) is 0. The molecule has 0 aliphatic heterocycles. The van der Waals surface area contributed by atoms with Gasteiger partial charge in [-0.1, -0.05) is 36.4 Å². The molecule has 81 valence electrons. The quantitative estimate of drug-likeness (QED) is 0.796. The maximum Gasteiger partial charge on any atom is 0.175 e. The minimum atomic E-state index is -3.15. The molecule has 16 heavy (non-hydrogen) atoms. The highest BCUT2D eigenvalue weighted by Gasteiger charge is 2.07. The van der Waals surface area contributed by atoms with Gasteiger partial charge in [-0.2, -0.15) is 0 Å². The highest BCUT2D eigenvalue weighted by molar-refractivity contribution is 7.90. The minimum Gasteiger partial charge on any atom is -0.224 e. The van der Waals surface area contributed by atoms with Crippen molar-refractivity contribution in [1.82, 2.24) is 0 Å². The Bertz CT molecular complexity index is 586. The van der Waals surface area contributed by atoms with Crippen molar-refractivity contribution < 1.29 is 8.42 Å². The average molecular weight is 231 g/mol. The normalized spacial score (nSPS) is 11.3. The van der Waals surface area contributed by atoms with Crippen LogP contribution in [-0.4, -0.2) is 14.7 Å². The summed E-state index contributed by atoms with van der Waals surface area (Å²) < 4.78 is 22.8. The lowest BCUT2D eigenvalue weighted by Crippen LogP contribution is -1.96. The van der Waals surface area contributed by atoms with Crippen LogP contribution in [0.2, 0.25) is 0 Å². The number of benzene rings is 2. The molecule has 0 saturated carbocycles. The third-order valence-electron chi connectivity index (χ3n) is 2.29. The lowest BCUT2D eigenvalue weighted by Gasteiger charge is -2.03. The second-order valence-corrected chi connectivity index (χ2v) is 5.59. The van der Waals surface area contributed by atoms with Crippen LogP contribution in [0.1, 0.15) is 0 Å². The van der Waals surface area contributed by atoms with Crippen molar-refractivity contribution in [2.75, 3.05) is 6.26 Å². The van der Waals surface area contributed by atoms with Crippen molar-refractivity contribution >= 4 is 9.84 Å². The van der Waals surface area contributed by atoms with E-state index in [0.29, 0.717) is 4.90 Å². The van der Waals surface area contributed by atoms with Crippen molar-refractivity contribution in [2.45, 2.75) is 4.90 Å². The molecule has 2 rings (SSSR count). The molecule has 0 aliphatic carbocycles. The molecule has 0 amide bonds. The number of hydrogen-bond acceptors (Lipinski definition) is 2. The van der Waals surface area contributed by atoms with Gasteiger partial charge in [-0.15, -0.1) is 0 Å². The molecule has 0 aliphatic rings. The lowest BCUT2D eigenvalue weighted by molar-refractivity contribution is 0.602. The Balaban J connectivity index is 2.53. The Kier molecular flexibility index (Phi) is 2.79. The zero-order valence-corrected chi connectivity index (χ0v) is 9.66. The predicted molar refractivity (Wildman–Crippen MR) is 63.8 cm³/mol. The van der Waals surface area contributed by atoms with Gasteiger partial charge in [0.15, 0.2) is 9.84 Å². The lowest BCUT2D eigenvalue weighted by atomic mass is 10.1. The Morgan fingerprint density at radius 2 is 1.75 bits per heavy atom. The van der Waals surface area contributed by atoms with Crippen LogP contribution >= 0.6 is 0 Å². The van der Waals surface area contributed by atoms with Gasteiger partial charge in [-0.3, -0.25) is 0 Å². The molecule has 1 radical (unpaired) electrons. The van der Waals surface area contributed by atoms with Crippen LogP contribution in [0, 0.1) is 6.07 Å². The molecule has 0 aromatic heterocycles. The summed E-state index contributed by atoms with van der Waals surface area (Å²) in [6, 6.07) is 17.5. The smallest absolute Gasteiger partial charge is 0.175 e. The molecule has 0 N–H and O–H groups in total. The van der Waals surface area contributed by atoms with Crippen LogP contribution in [0.25, 0.3) is 11.1 Å². The van der Waals surface area contributed by atoms with Crippen molar-refractivity contribution in [1.29, 1.82) is 0 Å². The van der Waals surface area contributed by atoms with Crippen LogP contribution in [0.3, 0.4) is 0 Å². The number of sulfone groups is 1. The summed E-state index contributed by atoms with van der Waals surface area (Å²) in [5.41, 5.74) is 1.76. The molecule has 0 fully saturated rings. The molecule has 2 aromatic rings. The molecular weight excluding hydrogens is 220 g/mol. The fourth-order valence-electron chi connectivity index (χ4n) is 1.46.